The van der Waals surface area contributed by atoms with Crippen LogP contribution in [0.15, 0.2) is 54.7 Å². The SMILES string of the molecule is COc1ccc2c(CCNC(=O)/C=C/c3ccccc3C)c[nH]c2c1. The molecule has 0 aliphatic carbocycles. The Kier molecular flexibility index (Phi) is 5.19. The topological polar surface area (TPSA) is 54.1 Å². The fourth-order valence-electron chi connectivity index (χ4n) is 2.82. The summed E-state index contributed by atoms with van der Waals surface area (Å²) in [5, 5.41) is 4.09. The van der Waals surface area contributed by atoms with E-state index in [-0.39, 0.29) is 5.91 Å². The molecule has 1 amide bonds. The summed E-state index contributed by atoms with van der Waals surface area (Å²) < 4.78 is 5.23. The van der Waals surface area contributed by atoms with Crippen LogP contribution in [0.1, 0.15) is 16.7 Å². The summed E-state index contributed by atoms with van der Waals surface area (Å²) in [5.74, 6) is 0.750. The van der Waals surface area contributed by atoms with Crippen molar-refractivity contribution in [2.45, 2.75) is 13.3 Å². The van der Waals surface area contributed by atoms with Crippen molar-refractivity contribution in [2.24, 2.45) is 0 Å². The number of aromatic nitrogens is 1. The second-order valence-electron chi connectivity index (χ2n) is 5.96. The zero-order valence-corrected chi connectivity index (χ0v) is 14.5. The average molecular weight is 334 g/mol. The van der Waals surface area contributed by atoms with Gasteiger partial charge in [-0.25, -0.2) is 0 Å². The number of fused-ring (bicyclic) bond motifs is 1. The molecule has 0 bridgehead atoms. The highest BCUT2D eigenvalue weighted by Gasteiger charge is 2.05. The molecular formula is C21H22N2O2. The van der Waals surface area contributed by atoms with Crippen molar-refractivity contribution in [3.63, 3.8) is 0 Å². The Morgan fingerprint density at radius 1 is 1.24 bits per heavy atom. The zero-order chi connectivity index (χ0) is 17.6. The lowest BCUT2D eigenvalue weighted by Crippen LogP contribution is -2.23. The maximum absolute atomic E-state index is 12.0. The van der Waals surface area contributed by atoms with Gasteiger partial charge in [-0.3, -0.25) is 4.79 Å². The molecule has 2 N–H and O–H groups in total. The summed E-state index contributed by atoms with van der Waals surface area (Å²) in [6.45, 7) is 2.62. The molecule has 128 valence electrons. The van der Waals surface area contributed by atoms with Gasteiger partial charge < -0.3 is 15.0 Å². The molecule has 4 nitrogen and oxygen atoms in total. The molecule has 0 aliphatic rings. The van der Waals surface area contributed by atoms with E-state index in [1.165, 1.54) is 5.56 Å². The van der Waals surface area contributed by atoms with Gasteiger partial charge in [0.25, 0.3) is 0 Å². The molecule has 1 heterocycles. The van der Waals surface area contributed by atoms with E-state index in [1.54, 1.807) is 13.2 Å². The Morgan fingerprint density at radius 2 is 2.08 bits per heavy atom. The highest BCUT2D eigenvalue weighted by Crippen LogP contribution is 2.23. The maximum Gasteiger partial charge on any atom is 0.244 e. The van der Waals surface area contributed by atoms with Gasteiger partial charge in [0.05, 0.1) is 7.11 Å². The summed E-state index contributed by atoms with van der Waals surface area (Å²) in [4.78, 5) is 15.2. The number of amides is 1. The molecule has 0 aliphatic heterocycles. The third-order valence-electron chi connectivity index (χ3n) is 4.27. The predicted octanol–water partition coefficient (Wildman–Crippen LogP) is 3.86. The number of hydrogen-bond donors (Lipinski definition) is 2. The van der Waals surface area contributed by atoms with E-state index < -0.39 is 0 Å². The Labute approximate surface area is 147 Å². The van der Waals surface area contributed by atoms with E-state index in [0.717, 1.165) is 34.2 Å². The van der Waals surface area contributed by atoms with E-state index in [2.05, 4.69) is 10.3 Å². The standard InChI is InChI=1S/C21H22N2O2/c1-15-5-3-4-6-16(15)7-10-21(24)22-12-11-17-14-23-20-13-18(25-2)8-9-19(17)20/h3-10,13-14,23H,11-12H2,1-2H3,(H,22,24)/b10-7+. The summed E-state index contributed by atoms with van der Waals surface area (Å²) in [5.41, 5.74) is 4.44. The lowest BCUT2D eigenvalue weighted by atomic mass is 10.1. The molecule has 0 saturated heterocycles. The van der Waals surface area contributed by atoms with E-state index in [0.29, 0.717) is 6.54 Å². The number of carbonyl (C=O) groups is 1. The van der Waals surface area contributed by atoms with Crippen LogP contribution in [-0.4, -0.2) is 24.5 Å². The first-order chi connectivity index (χ1) is 12.2. The van der Waals surface area contributed by atoms with Crippen LogP contribution in [0.5, 0.6) is 5.75 Å². The van der Waals surface area contributed by atoms with E-state index in [1.807, 2.05) is 61.7 Å². The highest BCUT2D eigenvalue weighted by atomic mass is 16.5. The second kappa shape index (κ2) is 7.71. The van der Waals surface area contributed by atoms with Crippen molar-refractivity contribution in [2.75, 3.05) is 13.7 Å². The van der Waals surface area contributed by atoms with Crippen molar-refractivity contribution in [1.29, 1.82) is 0 Å². The van der Waals surface area contributed by atoms with Gasteiger partial charge in [0.15, 0.2) is 0 Å². The first-order valence-corrected chi connectivity index (χ1v) is 8.33. The van der Waals surface area contributed by atoms with Crippen LogP contribution >= 0.6 is 0 Å². The van der Waals surface area contributed by atoms with Gasteiger partial charge in [0.2, 0.25) is 5.91 Å². The number of hydrogen-bond acceptors (Lipinski definition) is 2. The lowest BCUT2D eigenvalue weighted by Gasteiger charge is -2.03. The van der Waals surface area contributed by atoms with Gasteiger partial charge in [-0.2, -0.15) is 0 Å². The van der Waals surface area contributed by atoms with Gasteiger partial charge in [0.1, 0.15) is 5.75 Å². The third kappa shape index (κ3) is 4.10. The second-order valence-corrected chi connectivity index (χ2v) is 5.96. The van der Waals surface area contributed by atoms with Crippen LogP contribution in [0, 0.1) is 6.92 Å². The van der Waals surface area contributed by atoms with Crippen LogP contribution in [0.3, 0.4) is 0 Å². The number of nitrogens with one attached hydrogen (secondary N) is 2. The third-order valence-corrected chi connectivity index (χ3v) is 4.27. The molecule has 25 heavy (non-hydrogen) atoms. The van der Waals surface area contributed by atoms with Crippen molar-refractivity contribution < 1.29 is 9.53 Å². The Bertz CT molecular complexity index is 909. The smallest absolute Gasteiger partial charge is 0.244 e. The maximum atomic E-state index is 12.0. The first-order valence-electron chi connectivity index (χ1n) is 8.33. The molecule has 0 fully saturated rings. The molecular weight excluding hydrogens is 312 g/mol. The van der Waals surface area contributed by atoms with Gasteiger partial charge >= 0.3 is 0 Å². The summed E-state index contributed by atoms with van der Waals surface area (Å²) in [6.07, 6.45) is 6.20. The van der Waals surface area contributed by atoms with E-state index in [4.69, 9.17) is 4.74 Å². The van der Waals surface area contributed by atoms with Crippen LogP contribution in [0.4, 0.5) is 0 Å². The fraction of sp³-hybridized carbons (Fsp3) is 0.190. The van der Waals surface area contributed by atoms with Gasteiger partial charge in [-0.15, -0.1) is 0 Å². The normalized spacial score (nSPS) is 11.1. The number of ether oxygens (including phenoxy) is 1. The van der Waals surface area contributed by atoms with E-state index in [9.17, 15) is 4.79 Å². The molecule has 4 heteroatoms. The Hall–Kier alpha value is -3.01. The molecule has 0 saturated carbocycles. The molecule has 3 rings (SSSR count). The Morgan fingerprint density at radius 3 is 2.88 bits per heavy atom. The molecule has 0 radical (unpaired) electrons. The fourth-order valence-corrected chi connectivity index (χ4v) is 2.82. The molecule has 0 unspecified atom stereocenters. The van der Waals surface area contributed by atoms with Gasteiger partial charge in [0, 0.05) is 35.8 Å². The number of methoxy groups -OCH3 is 1. The van der Waals surface area contributed by atoms with Crippen LogP contribution in [0.25, 0.3) is 17.0 Å². The van der Waals surface area contributed by atoms with Crippen molar-refractivity contribution >= 4 is 22.9 Å². The average Bonchev–Trinajstić information content (AvgIpc) is 3.03. The predicted molar refractivity (Wildman–Crippen MR) is 102 cm³/mol. The van der Waals surface area contributed by atoms with Crippen LogP contribution in [-0.2, 0) is 11.2 Å². The minimum atomic E-state index is -0.0789. The summed E-state index contributed by atoms with van der Waals surface area (Å²) in [7, 11) is 1.66. The number of rotatable bonds is 6. The van der Waals surface area contributed by atoms with Gasteiger partial charge in [-0.05, 0) is 48.2 Å². The lowest BCUT2D eigenvalue weighted by molar-refractivity contribution is -0.116. The monoisotopic (exact) mass is 334 g/mol. The summed E-state index contributed by atoms with van der Waals surface area (Å²) >= 11 is 0. The minimum absolute atomic E-state index is 0.0789. The molecule has 3 aromatic rings. The van der Waals surface area contributed by atoms with Crippen molar-refractivity contribution in [3.05, 3.63) is 71.4 Å². The first kappa shape index (κ1) is 16.8. The van der Waals surface area contributed by atoms with Crippen molar-refractivity contribution in [1.82, 2.24) is 10.3 Å². The van der Waals surface area contributed by atoms with E-state index >= 15 is 0 Å². The summed E-state index contributed by atoms with van der Waals surface area (Å²) in [6, 6.07) is 14.0. The minimum Gasteiger partial charge on any atom is -0.497 e. The number of benzene rings is 2. The van der Waals surface area contributed by atoms with Gasteiger partial charge in [-0.1, -0.05) is 24.3 Å². The molecule has 0 spiro atoms. The van der Waals surface area contributed by atoms with Crippen LogP contribution in [0.2, 0.25) is 0 Å². The van der Waals surface area contributed by atoms with Crippen LogP contribution < -0.4 is 10.1 Å². The molecule has 0 atom stereocenters. The highest BCUT2D eigenvalue weighted by molar-refractivity contribution is 5.92. The number of aromatic amines is 1. The zero-order valence-electron chi connectivity index (χ0n) is 14.5. The largest absolute Gasteiger partial charge is 0.497 e. The van der Waals surface area contributed by atoms with Crippen molar-refractivity contribution in [3.8, 4) is 5.75 Å². The number of H-pyrrole nitrogens is 1. The molecule has 2 aromatic carbocycles. The molecule has 1 aromatic heterocycles. The number of carbonyl (C=O) groups excluding carboxylic acids is 1. The quantitative estimate of drug-likeness (QED) is 0.673. The Balaban J connectivity index is 1.56. The number of aryl methyl sites for hydroxylation is 1.